The Kier molecular flexibility index (Phi) is 6.64. The van der Waals surface area contributed by atoms with Crippen molar-refractivity contribution in [1.29, 1.82) is 0 Å². The van der Waals surface area contributed by atoms with E-state index in [4.69, 9.17) is 5.73 Å². The van der Waals surface area contributed by atoms with Crippen molar-refractivity contribution in [1.82, 2.24) is 10.0 Å². The van der Waals surface area contributed by atoms with Gasteiger partial charge >= 0.3 is 0 Å². The second-order valence-corrected chi connectivity index (χ2v) is 8.15. The van der Waals surface area contributed by atoms with E-state index in [0.29, 0.717) is 8.95 Å². The van der Waals surface area contributed by atoms with Gasteiger partial charge in [-0.3, -0.25) is 4.79 Å². The minimum atomic E-state index is -3.79. The van der Waals surface area contributed by atoms with Crippen LogP contribution in [-0.2, 0) is 14.8 Å². The molecule has 1 amide bonds. The summed E-state index contributed by atoms with van der Waals surface area (Å²) in [5.74, 6) is -0.212. The summed E-state index contributed by atoms with van der Waals surface area (Å²) in [4.78, 5) is 11.4. The monoisotopic (exact) mass is 441 g/mol. The van der Waals surface area contributed by atoms with Gasteiger partial charge in [0.15, 0.2) is 0 Å². The van der Waals surface area contributed by atoms with Crippen LogP contribution in [0.1, 0.15) is 20.3 Å². The Bertz CT molecular complexity index is 610. The Morgan fingerprint density at radius 1 is 1.33 bits per heavy atom. The smallest absolute Gasteiger partial charge is 0.243 e. The molecule has 0 spiro atoms. The Morgan fingerprint density at radius 3 is 2.48 bits per heavy atom. The van der Waals surface area contributed by atoms with Crippen LogP contribution >= 0.6 is 31.9 Å². The molecule has 0 aliphatic heterocycles. The number of hydrogen-bond donors (Lipinski definition) is 3. The molecular weight excluding hydrogens is 426 g/mol. The number of nitrogen functional groups attached to an aromatic ring is 1. The molecule has 0 bridgehead atoms. The van der Waals surface area contributed by atoms with Crippen LogP contribution in [0.4, 0.5) is 5.69 Å². The number of halogens is 2. The molecule has 0 heterocycles. The Hall–Kier alpha value is -0.640. The second kappa shape index (κ2) is 7.57. The quantitative estimate of drug-likeness (QED) is 0.586. The van der Waals surface area contributed by atoms with E-state index in [9.17, 15) is 13.2 Å². The molecule has 4 N–H and O–H groups in total. The summed E-state index contributed by atoms with van der Waals surface area (Å²) in [6.45, 7) is 3.67. The molecule has 0 saturated carbocycles. The van der Waals surface area contributed by atoms with Gasteiger partial charge in [-0.15, -0.1) is 0 Å². The molecule has 0 aliphatic rings. The van der Waals surface area contributed by atoms with Crippen LogP contribution < -0.4 is 15.8 Å². The maximum atomic E-state index is 12.2. The van der Waals surface area contributed by atoms with Crippen LogP contribution in [0.3, 0.4) is 0 Å². The normalized spacial score (nSPS) is 11.7. The van der Waals surface area contributed by atoms with Crippen LogP contribution in [0.25, 0.3) is 0 Å². The first kappa shape index (κ1) is 18.4. The lowest BCUT2D eigenvalue weighted by atomic mass is 10.3. The average molecular weight is 443 g/mol. The fraction of sp³-hybridized carbons (Fsp3) is 0.417. The Morgan fingerprint density at radius 2 is 1.95 bits per heavy atom. The van der Waals surface area contributed by atoms with Crippen LogP contribution in [0.2, 0.25) is 0 Å². The minimum Gasteiger partial charge on any atom is -0.398 e. The summed E-state index contributed by atoms with van der Waals surface area (Å²) in [5, 5.41) is 2.69. The van der Waals surface area contributed by atoms with E-state index < -0.39 is 10.0 Å². The lowest BCUT2D eigenvalue weighted by Crippen LogP contribution is -2.34. The SMILES string of the molecule is CC(C)NC(=O)CCNS(=O)(=O)c1c(N)cc(Br)cc1Br. The standard InChI is InChI=1S/C12H17Br2N3O3S/c1-7(2)17-11(18)3-4-16-21(19,20)12-9(14)5-8(13)6-10(12)15/h5-7,16H,3-4,15H2,1-2H3,(H,17,18). The molecule has 1 rings (SSSR count). The second-order valence-electron chi connectivity index (χ2n) is 4.68. The lowest BCUT2D eigenvalue weighted by molar-refractivity contribution is -0.121. The zero-order valence-electron chi connectivity index (χ0n) is 11.6. The van der Waals surface area contributed by atoms with Crippen LogP contribution in [-0.4, -0.2) is 26.9 Å². The first-order valence-corrected chi connectivity index (χ1v) is 9.24. The number of nitrogens with one attached hydrogen (secondary N) is 2. The van der Waals surface area contributed by atoms with Gasteiger partial charge in [-0.1, -0.05) is 15.9 Å². The lowest BCUT2D eigenvalue weighted by Gasteiger charge is -2.12. The highest BCUT2D eigenvalue weighted by Gasteiger charge is 2.21. The van der Waals surface area contributed by atoms with Crippen molar-refractivity contribution in [3.63, 3.8) is 0 Å². The van der Waals surface area contributed by atoms with Gasteiger partial charge in [-0.05, 0) is 41.9 Å². The predicted octanol–water partition coefficient (Wildman–Crippen LogP) is 1.99. The zero-order chi connectivity index (χ0) is 16.2. The maximum Gasteiger partial charge on any atom is 0.243 e. The van der Waals surface area contributed by atoms with Crippen molar-refractivity contribution in [2.75, 3.05) is 12.3 Å². The van der Waals surface area contributed by atoms with Gasteiger partial charge in [0.25, 0.3) is 0 Å². The van der Waals surface area contributed by atoms with Crippen molar-refractivity contribution >= 4 is 53.5 Å². The number of hydrogen-bond acceptors (Lipinski definition) is 4. The molecule has 21 heavy (non-hydrogen) atoms. The number of amides is 1. The van der Waals surface area contributed by atoms with Crippen molar-refractivity contribution in [3.05, 3.63) is 21.1 Å². The third-order valence-corrected chi connectivity index (χ3v) is 5.32. The molecule has 1 aromatic rings. The largest absolute Gasteiger partial charge is 0.398 e. The molecule has 1 aromatic carbocycles. The molecule has 0 radical (unpaired) electrons. The fourth-order valence-electron chi connectivity index (χ4n) is 1.63. The topological polar surface area (TPSA) is 101 Å². The molecule has 6 nitrogen and oxygen atoms in total. The van der Waals surface area contributed by atoms with Gasteiger partial charge in [0.1, 0.15) is 4.90 Å². The van der Waals surface area contributed by atoms with E-state index in [1.165, 1.54) is 6.07 Å². The highest BCUT2D eigenvalue weighted by Crippen LogP contribution is 2.31. The number of rotatable bonds is 6. The molecule has 0 aromatic heterocycles. The minimum absolute atomic E-state index is 0.00281. The highest BCUT2D eigenvalue weighted by atomic mass is 79.9. The van der Waals surface area contributed by atoms with Crippen molar-refractivity contribution in [3.8, 4) is 0 Å². The number of benzene rings is 1. The van der Waals surface area contributed by atoms with Crippen molar-refractivity contribution < 1.29 is 13.2 Å². The molecule has 9 heteroatoms. The van der Waals surface area contributed by atoms with Crippen LogP contribution in [0, 0.1) is 0 Å². The molecule has 0 unspecified atom stereocenters. The van der Waals surface area contributed by atoms with E-state index in [0.717, 1.165) is 0 Å². The molecule has 0 atom stereocenters. The van der Waals surface area contributed by atoms with E-state index in [2.05, 4.69) is 41.9 Å². The summed E-state index contributed by atoms with van der Waals surface area (Å²) in [5.41, 5.74) is 5.87. The Balaban J connectivity index is 2.77. The van der Waals surface area contributed by atoms with Crippen molar-refractivity contribution in [2.45, 2.75) is 31.2 Å². The number of sulfonamides is 1. The molecule has 0 aliphatic carbocycles. The van der Waals surface area contributed by atoms with Gasteiger partial charge < -0.3 is 11.1 Å². The number of carbonyl (C=O) groups is 1. The third-order valence-electron chi connectivity index (χ3n) is 2.40. The zero-order valence-corrected chi connectivity index (χ0v) is 15.6. The predicted molar refractivity (Wildman–Crippen MR) is 89.3 cm³/mol. The van der Waals surface area contributed by atoms with Crippen molar-refractivity contribution in [2.24, 2.45) is 0 Å². The summed E-state index contributed by atoms with van der Waals surface area (Å²) in [6, 6.07) is 3.12. The van der Waals surface area contributed by atoms with Gasteiger partial charge in [0, 0.05) is 28.0 Å². The molecule has 0 saturated heterocycles. The summed E-state index contributed by atoms with van der Waals surface area (Å²) >= 11 is 6.41. The number of nitrogens with two attached hydrogens (primary N) is 1. The maximum absolute atomic E-state index is 12.2. The first-order chi connectivity index (χ1) is 9.63. The van der Waals surface area contributed by atoms with E-state index >= 15 is 0 Å². The van der Waals surface area contributed by atoms with Gasteiger partial charge in [-0.2, -0.15) is 0 Å². The third kappa shape index (κ3) is 5.57. The average Bonchev–Trinajstić information content (AvgIpc) is 2.24. The number of carbonyl (C=O) groups excluding carboxylic acids is 1. The molecular formula is C12H17Br2N3O3S. The molecule has 0 fully saturated rings. The first-order valence-electron chi connectivity index (χ1n) is 6.17. The highest BCUT2D eigenvalue weighted by molar-refractivity contribution is 9.11. The van der Waals surface area contributed by atoms with Gasteiger partial charge in [0.2, 0.25) is 15.9 Å². The summed E-state index contributed by atoms with van der Waals surface area (Å²) in [6.07, 6.45) is 0.0610. The van der Waals surface area contributed by atoms with Crippen LogP contribution in [0.15, 0.2) is 26.0 Å². The van der Waals surface area contributed by atoms with E-state index in [1.807, 2.05) is 13.8 Å². The van der Waals surface area contributed by atoms with E-state index in [1.54, 1.807) is 6.07 Å². The van der Waals surface area contributed by atoms with Gasteiger partial charge in [-0.25, -0.2) is 13.1 Å². The van der Waals surface area contributed by atoms with E-state index in [-0.39, 0.29) is 35.5 Å². The van der Waals surface area contributed by atoms with Gasteiger partial charge in [0.05, 0.1) is 5.69 Å². The number of anilines is 1. The Labute approximate surface area is 141 Å². The van der Waals surface area contributed by atoms with Crippen LogP contribution in [0.5, 0.6) is 0 Å². The fourth-order valence-corrected chi connectivity index (χ4v) is 4.73. The summed E-state index contributed by atoms with van der Waals surface area (Å²) < 4.78 is 27.8. The molecule has 118 valence electrons. The summed E-state index contributed by atoms with van der Waals surface area (Å²) in [7, 11) is -3.79.